The molecule has 0 radical (unpaired) electrons. The summed E-state index contributed by atoms with van der Waals surface area (Å²) in [5.41, 5.74) is 5.55. The molecule has 0 spiro atoms. The Labute approximate surface area is 96.2 Å². The Bertz CT molecular complexity index is 339. The third-order valence-corrected chi connectivity index (χ3v) is 3.14. The van der Waals surface area contributed by atoms with Gasteiger partial charge in [-0.25, -0.2) is 0 Å². The molecule has 1 saturated carbocycles. The molecule has 1 aromatic rings. The lowest BCUT2D eigenvalue weighted by Gasteiger charge is -2.25. The molecular formula is C13H19NO2. The van der Waals surface area contributed by atoms with Crippen LogP contribution in [0.2, 0.25) is 0 Å². The van der Waals surface area contributed by atoms with E-state index >= 15 is 0 Å². The average molecular weight is 221 g/mol. The van der Waals surface area contributed by atoms with Crippen molar-refractivity contribution in [3.05, 3.63) is 29.8 Å². The highest BCUT2D eigenvalue weighted by atomic mass is 16.5. The van der Waals surface area contributed by atoms with E-state index in [1.165, 1.54) is 0 Å². The van der Waals surface area contributed by atoms with E-state index in [1.807, 2.05) is 31.2 Å². The molecule has 88 valence electrons. The van der Waals surface area contributed by atoms with Crippen molar-refractivity contribution >= 4 is 0 Å². The number of benzene rings is 1. The Morgan fingerprint density at radius 3 is 2.44 bits per heavy atom. The summed E-state index contributed by atoms with van der Waals surface area (Å²) in [7, 11) is 0. The van der Waals surface area contributed by atoms with Crippen LogP contribution in [-0.4, -0.2) is 17.8 Å². The normalized spacial score (nSPS) is 19.2. The van der Waals surface area contributed by atoms with Crippen LogP contribution in [0.25, 0.3) is 0 Å². The fourth-order valence-electron chi connectivity index (χ4n) is 1.69. The summed E-state index contributed by atoms with van der Waals surface area (Å²) in [6.07, 6.45) is 3.34. The van der Waals surface area contributed by atoms with Crippen LogP contribution in [0.3, 0.4) is 0 Å². The van der Waals surface area contributed by atoms with Crippen molar-refractivity contribution in [1.29, 1.82) is 0 Å². The van der Waals surface area contributed by atoms with E-state index in [-0.39, 0.29) is 6.54 Å². The lowest BCUT2D eigenvalue weighted by Crippen LogP contribution is -2.33. The molecule has 1 aliphatic carbocycles. The van der Waals surface area contributed by atoms with Gasteiger partial charge < -0.3 is 15.6 Å². The van der Waals surface area contributed by atoms with Gasteiger partial charge in [-0.05, 0) is 37.0 Å². The largest absolute Gasteiger partial charge is 0.490 e. The van der Waals surface area contributed by atoms with Crippen molar-refractivity contribution in [2.45, 2.75) is 37.9 Å². The smallest absolute Gasteiger partial charge is 0.119 e. The highest BCUT2D eigenvalue weighted by molar-refractivity contribution is 5.31. The highest BCUT2D eigenvalue weighted by Crippen LogP contribution is 2.29. The minimum Gasteiger partial charge on any atom is -0.490 e. The SMILES string of the molecule is CCC(O)(CN)c1ccc(OC2CC2)cc1. The maximum Gasteiger partial charge on any atom is 0.119 e. The van der Waals surface area contributed by atoms with Crippen LogP contribution in [0.5, 0.6) is 5.75 Å². The number of aliphatic hydroxyl groups is 1. The topological polar surface area (TPSA) is 55.5 Å². The van der Waals surface area contributed by atoms with Crippen LogP contribution in [0.1, 0.15) is 31.7 Å². The fraction of sp³-hybridized carbons (Fsp3) is 0.538. The number of nitrogens with two attached hydrogens (primary N) is 1. The van der Waals surface area contributed by atoms with Gasteiger partial charge in [0.1, 0.15) is 11.4 Å². The Kier molecular flexibility index (Phi) is 3.17. The summed E-state index contributed by atoms with van der Waals surface area (Å²) in [6, 6.07) is 7.61. The lowest BCUT2D eigenvalue weighted by atomic mass is 9.91. The molecule has 3 nitrogen and oxygen atoms in total. The predicted octanol–water partition coefficient (Wildman–Crippen LogP) is 1.78. The molecular weight excluding hydrogens is 202 g/mol. The summed E-state index contributed by atoms with van der Waals surface area (Å²) in [6.45, 7) is 2.17. The van der Waals surface area contributed by atoms with Crippen molar-refractivity contribution in [3.63, 3.8) is 0 Å². The first-order valence-electron chi connectivity index (χ1n) is 5.87. The van der Waals surface area contributed by atoms with E-state index in [0.29, 0.717) is 12.5 Å². The predicted molar refractivity (Wildman–Crippen MR) is 63.3 cm³/mol. The van der Waals surface area contributed by atoms with Gasteiger partial charge in [-0.1, -0.05) is 19.1 Å². The van der Waals surface area contributed by atoms with Gasteiger partial charge in [0.2, 0.25) is 0 Å². The van der Waals surface area contributed by atoms with Gasteiger partial charge in [-0.15, -0.1) is 0 Å². The van der Waals surface area contributed by atoms with Crippen molar-refractivity contribution in [3.8, 4) is 5.75 Å². The molecule has 3 N–H and O–H groups in total. The standard InChI is InChI=1S/C13H19NO2/c1-2-13(15,9-14)10-3-5-11(6-4-10)16-12-7-8-12/h3-6,12,15H,2,7-9,14H2,1H3. The van der Waals surface area contributed by atoms with Crippen LogP contribution in [0, 0.1) is 0 Å². The van der Waals surface area contributed by atoms with Crippen molar-refractivity contribution in [2.24, 2.45) is 5.73 Å². The first-order chi connectivity index (χ1) is 7.68. The fourth-order valence-corrected chi connectivity index (χ4v) is 1.69. The number of rotatable bonds is 5. The minimum atomic E-state index is -0.905. The quantitative estimate of drug-likeness (QED) is 0.797. The Morgan fingerprint density at radius 2 is 2.00 bits per heavy atom. The second-order valence-electron chi connectivity index (χ2n) is 4.43. The highest BCUT2D eigenvalue weighted by Gasteiger charge is 2.26. The monoisotopic (exact) mass is 221 g/mol. The van der Waals surface area contributed by atoms with Crippen LogP contribution in [0.15, 0.2) is 24.3 Å². The van der Waals surface area contributed by atoms with Gasteiger partial charge in [-0.2, -0.15) is 0 Å². The Hall–Kier alpha value is -1.06. The second-order valence-corrected chi connectivity index (χ2v) is 4.43. The van der Waals surface area contributed by atoms with Crippen LogP contribution >= 0.6 is 0 Å². The van der Waals surface area contributed by atoms with E-state index in [2.05, 4.69) is 0 Å². The summed E-state index contributed by atoms with van der Waals surface area (Å²) in [4.78, 5) is 0. The molecule has 0 aliphatic heterocycles. The summed E-state index contributed by atoms with van der Waals surface area (Å²) >= 11 is 0. The van der Waals surface area contributed by atoms with E-state index in [4.69, 9.17) is 10.5 Å². The zero-order valence-electron chi connectivity index (χ0n) is 9.65. The molecule has 0 bridgehead atoms. The lowest BCUT2D eigenvalue weighted by molar-refractivity contribution is 0.0418. The molecule has 1 aromatic carbocycles. The summed E-state index contributed by atoms with van der Waals surface area (Å²) in [5.74, 6) is 0.877. The van der Waals surface area contributed by atoms with Gasteiger partial charge in [0.25, 0.3) is 0 Å². The molecule has 1 unspecified atom stereocenters. The van der Waals surface area contributed by atoms with Gasteiger partial charge in [0, 0.05) is 6.54 Å². The first-order valence-corrected chi connectivity index (χ1v) is 5.87. The molecule has 1 aliphatic rings. The van der Waals surface area contributed by atoms with E-state index < -0.39 is 5.60 Å². The molecule has 16 heavy (non-hydrogen) atoms. The van der Waals surface area contributed by atoms with Gasteiger partial charge in [0.05, 0.1) is 6.10 Å². The second kappa shape index (κ2) is 4.44. The van der Waals surface area contributed by atoms with Crippen molar-refractivity contribution in [1.82, 2.24) is 0 Å². The van der Waals surface area contributed by atoms with Crippen molar-refractivity contribution < 1.29 is 9.84 Å². The number of hydrogen-bond acceptors (Lipinski definition) is 3. The maximum atomic E-state index is 10.2. The molecule has 3 heteroatoms. The zero-order chi connectivity index (χ0) is 11.6. The third kappa shape index (κ3) is 2.36. The van der Waals surface area contributed by atoms with Gasteiger partial charge in [-0.3, -0.25) is 0 Å². The first kappa shape index (κ1) is 11.4. The minimum absolute atomic E-state index is 0.242. The van der Waals surface area contributed by atoms with Gasteiger partial charge in [0.15, 0.2) is 0 Å². The molecule has 2 rings (SSSR count). The van der Waals surface area contributed by atoms with Crippen LogP contribution in [0.4, 0.5) is 0 Å². The molecule has 0 aromatic heterocycles. The number of hydrogen-bond donors (Lipinski definition) is 2. The van der Waals surface area contributed by atoms with Gasteiger partial charge >= 0.3 is 0 Å². The number of ether oxygens (including phenoxy) is 1. The van der Waals surface area contributed by atoms with Crippen LogP contribution in [-0.2, 0) is 5.60 Å². The van der Waals surface area contributed by atoms with Crippen LogP contribution < -0.4 is 10.5 Å². The maximum absolute atomic E-state index is 10.2. The molecule has 0 heterocycles. The Balaban J connectivity index is 2.10. The van der Waals surface area contributed by atoms with E-state index in [9.17, 15) is 5.11 Å². The van der Waals surface area contributed by atoms with E-state index in [1.54, 1.807) is 0 Å². The summed E-state index contributed by atoms with van der Waals surface area (Å²) < 4.78 is 5.65. The molecule has 0 amide bonds. The summed E-state index contributed by atoms with van der Waals surface area (Å²) in [5, 5.41) is 10.2. The Morgan fingerprint density at radius 1 is 1.38 bits per heavy atom. The van der Waals surface area contributed by atoms with Crippen molar-refractivity contribution in [2.75, 3.05) is 6.54 Å². The molecule has 0 saturated heterocycles. The van der Waals surface area contributed by atoms with E-state index in [0.717, 1.165) is 24.2 Å². The zero-order valence-corrected chi connectivity index (χ0v) is 9.65. The molecule has 1 fully saturated rings. The molecule has 1 atom stereocenters. The average Bonchev–Trinajstić information content (AvgIpc) is 3.13. The third-order valence-electron chi connectivity index (χ3n) is 3.14.